The number of rotatable bonds is 8. The number of pyridine rings is 1. The Morgan fingerprint density at radius 3 is 2.51 bits per heavy atom. The molecule has 0 spiro atoms. The molecule has 0 aliphatic heterocycles. The molecule has 3 N–H and O–H groups in total. The number of methoxy groups -OCH3 is 1. The number of hydrogen-bond donors (Lipinski definition) is 2. The molecule has 0 fully saturated rings. The van der Waals surface area contributed by atoms with Crippen LogP contribution in [0.25, 0.3) is 11.5 Å². The Kier molecular flexibility index (Phi) is 7.04. The summed E-state index contributed by atoms with van der Waals surface area (Å²) in [4.78, 5) is 16.7. The average molecular weight is 565 g/mol. The first kappa shape index (κ1) is 26.3. The Balaban J connectivity index is 1.69. The second-order valence-electron chi connectivity index (χ2n) is 7.87. The number of nitrogens with one attached hydrogen (secondary N) is 1. The number of aromatic nitrogens is 2. The summed E-state index contributed by atoms with van der Waals surface area (Å²) in [7, 11) is -7.07. The maximum absolute atomic E-state index is 13.3. The van der Waals surface area contributed by atoms with Crippen molar-refractivity contribution in [2.24, 2.45) is 0 Å². The summed E-state index contributed by atoms with van der Waals surface area (Å²) >= 11 is 6.29. The molecule has 0 aliphatic carbocycles. The van der Waals surface area contributed by atoms with Crippen LogP contribution < -0.4 is 15.2 Å². The summed E-state index contributed by atoms with van der Waals surface area (Å²) in [5.74, 6) is -2.53. The van der Waals surface area contributed by atoms with E-state index in [9.17, 15) is 21.6 Å². The first-order chi connectivity index (χ1) is 17.4. The number of halogens is 1. The fourth-order valence-electron chi connectivity index (χ4n) is 3.44. The van der Waals surface area contributed by atoms with Crippen molar-refractivity contribution in [1.29, 1.82) is 0 Å². The molecule has 4 aromatic rings. The van der Waals surface area contributed by atoms with E-state index in [1.807, 2.05) is 11.6 Å². The van der Waals surface area contributed by atoms with E-state index in [0.29, 0.717) is 0 Å². The minimum atomic E-state index is -4.22. The highest BCUT2D eigenvalue weighted by atomic mass is 35.5. The van der Waals surface area contributed by atoms with Crippen LogP contribution in [0, 0.1) is 6.92 Å². The molecule has 0 bridgehead atoms. The fraction of sp³-hybridized carbons (Fsp3) is 0.130. The quantitative estimate of drug-likeness (QED) is 0.327. The highest BCUT2D eigenvalue weighted by molar-refractivity contribution is 7.90. The number of hydrogen-bond acceptors (Lipinski definition) is 9. The largest absolute Gasteiger partial charge is 0.492 e. The summed E-state index contributed by atoms with van der Waals surface area (Å²) in [6.07, 6.45) is 2.64. The van der Waals surface area contributed by atoms with Crippen molar-refractivity contribution in [2.75, 3.05) is 12.8 Å². The number of ether oxygens (including phenoxy) is 1. The number of aryl methyl sites for hydroxylation is 1. The summed E-state index contributed by atoms with van der Waals surface area (Å²) in [5.41, 5.74) is 6.68. The summed E-state index contributed by atoms with van der Waals surface area (Å²) in [6, 6.07) is 11.7. The monoisotopic (exact) mass is 564 g/mol. The lowest BCUT2D eigenvalue weighted by molar-refractivity contribution is 0.0951. The van der Waals surface area contributed by atoms with E-state index in [4.69, 9.17) is 26.5 Å². The Bertz CT molecular complexity index is 1690. The molecule has 0 saturated carbocycles. The van der Waals surface area contributed by atoms with Crippen molar-refractivity contribution in [1.82, 2.24) is 13.7 Å². The Morgan fingerprint density at radius 2 is 1.86 bits per heavy atom. The van der Waals surface area contributed by atoms with Gasteiger partial charge in [-0.2, -0.15) is 0 Å². The van der Waals surface area contributed by atoms with Crippen molar-refractivity contribution < 1.29 is 30.8 Å². The first-order valence-electron chi connectivity index (χ1n) is 10.5. The number of carbonyl (C=O) groups excluding carboxylic acids is 1. The van der Waals surface area contributed by atoms with E-state index in [-0.39, 0.29) is 38.5 Å². The molecule has 194 valence electrons. The van der Waals surface area contributed by atoms with E-state index < -0.39 is 37.5 Å². The third-order valence-corrected chi connectivity index (χ3v) is 8.44. The van der Waals surface area contributed by atoms with Crippen molar-refractivity contribution in [3.05, 3.63) is 82.8 Å². The summed E-state index contributed by atoms with van der Waals surface area (Å²) in [6.45, 7) is 1.82. The molecule has 0 radical (unpaired) electrons. The fourth-order valence-corrected chi connectivity index (χ4v) is 6.19. The van der Waals surface area contributed by atoms with Crippen LogP contribution in [0.2, 0.25) is 5.02 Å². The molecule has 11 nitrogen and oxygen atoms in total. The van der Waals surface area contributed by atoms with Crippen LogP contribution in [-0.2, 0) is 25.8 Å². The second-order valence-corrected chi connectivity index (χ2v) is 11.8. The predicted octanol–water partition coefficient (Wildman–Crippen LogP) is 3.19. The van der Waals surface area contributed by atoms with Crippen molar-refractivity contribution in [3.8, 4) is 17.2 Å². The Morgan fingerprint density at radius 1 is 1.16 bits per heavy atom. The van der Waals surface area contributed by atoms with Gasteiger partial charge < -0.3 is 14.9 Å². The van der Waals surface area contributed by atoms with Gasteiger partial charge in [-0.3, -0.25) is 4.79 Å². The zero-order chi connectivity index (χ0) is 27.0. The number of benzene rings is 1. The van der Waals surface area contributed by atoms with Crippen molar-refractivity contribution in [2.45, 2.75) is 17.6 Å². The number of sulfonamides is 1. The van der Waals surface area contributed by atoms with Gasteiger partial charge in [0, 0.05) is 24.0 Å². The molecule has 4 rings (SSSR count). The summed E-state index contributed by atoms with van der Waals surface area (Å²) in [5, 5.41) is 0.0127. The Hall–Kier alpha value is -3.81. The standard InChI is InChI=1S/C23H21ClN4O7S2/c1-14-5-7-16(8-6-14)37(32,33)28-11-9-17(24)20(28)18-12-19(34-2)21(35-18)23(29)27-36(30,31)13-15-4-3-10-26-22(15)25/h3-12H,13H2,1-2H3,(H2,25,26)(H,27,29). The third kappa shape index (κ3) is 5.33. The highest BCUT2D eigenvalue weighted by Gasteiger charge is 2.29. The number of amides is 1. The van der Waals surface area contributed by atoms with Gasteiger partial charge in [0.25, 0.3) is 10.0 Å². The minimum absolute atomic E-state index is 0.00313. The number of nitrogens with zero attached hydrogens (tertiary/aromatic N) is 2. The maximum atomic E-state index is 13.3. The summed E-state index contributed by atoms with van der Waals surface area (Å²) < 4.78 is 65.3. The molecular formula is C23H21ClN4O7S2. The maximum Gasteiger partial charge on any atom is 0.304 e. The van der Waals surface area contributed by atoms with Crippen LogP contribution in [0.5, 0.6) is 5.75 Å². The lowest BCUT2D eigenvalue weighted by Gasteiger charge is -2.10. The van der Waals surface area contributed by atoms with Crippen LogP contribution in [0.15, 0.2) is 70.2 Å². The molecule has 3 heterocycles. The van der Waals surface area contributed by atoms with Crippen molar-refractivity contribution in [3.63, 3.8) is 0 Å². The van der Waals surface area contributed by atoms with Gasteiger partial charge in [-0.1, -0.05) is 35.4 Å². The van der Waals surface area contributed by atoms with Crippen LogP contribution in [0.3, 0.4) is 0 Å². The van der Waals surface area contributed by atoms with Crippen molar-refractivity contribution >= 4 is 43.4 Å². The van der Waals surface area contributed by atoms with Crippen LogP contribution in [0.4, 0.5) is 5.82 Å². The molecule has 3 aromatic heterocycles. The van der Waals surface area contributed by atoms with Gasteiger partial charge in [0.15, 0.2) is 11.5 Å². The SMILES string of the molecule is COc1cc(-c2c(Cl)ccn2S(=O)(=O)c2ccc(C)cc2)oc1C(=O)NS(=O)(=O)Cc1cccnc1N. The molecule has 0 atom stereocenters. The average Bonchev–Trinajstić information content (AvgIpc) is 3.44. The second kappa shape index (κ2) is 9.92. The zero-order valence-corrected chi connectivity index (χ0v) is 21.9. The van der Waals surface area contributed by atoms with Gasteiger partial charge in [-0.25, -0.2) is 30.5 Å². The Labute approximate surface area is 217 Å². The minimum Gasteiger partial charge on any atom is -0.492 e. The smallest absolute Gasteiger partial charge is 0.304 e. The molecule has 1 aromatic carbocycles. The van der Waals surface area contributed by atoms with E-state index in [2.05, 4.69) is 4.98 Å². The van der Waals surface area contributed by atoms with Gasteiger partial charge in [-0.05, 0) is 31.2 Å². The van der Waals surface area contributed by atoms with E-state index in [1.165, 1.54) is 55.9 Å². The first-order valence-corrected chi connectivity index (χ1v) is 14.0. The van der Waals surface area contributed by atoms with Gasteiger partial charge in [0.05, 0.1) is 22.8 Å². The molecule has 14 heteroatoms. The molecule has 37 heavy (non-hydrogen) atoms. The molecule has 0 unspecified atom stereocenters. The topological polar surface area (TPSA) is 164 Å². The van der Waals surface area contributed by atoms with Gasteiger partial charge in [-0.15, -0.1) is 0 Å². The zero-order valence-electron chi connectivity index (χ0n) is 19.5. The molecule has 1 amide bonds. The van der Waals surface area contributed by atoms with E-state index >= 15 is 0 Å². The van der Waals surface area contributed by atoms with Crippen LogP contribution >= 0.6 is 11.6 Å². The number of nitrogen functional groups attached to an aromatic ring is 1. The van der Waals surface area contributed by atoms with Crippen LogP contribution in [0.1, 0.15) is 21.7 Å². The lowest BCUT2D eigenvalue weighted by atomic mass is 10.2. The number of anilines is 1. The van der Waals surface area contributed by atoms with Gasteiger partial charge in [0.1, 0.15) is 11.5 Å². The lowest BCUT2D eigenvalue weighted by Crippen LogP contribution is -2.31. The van der Waals surface area contributed by atoms with Gasteiger partial charge in [0.2, 0.25) is 15.8 Å². The van der Waals surface area contributed by atoms with E-state index in [0.717, 1.165) is 9.54 Å². The van der Waals surface area contributed by atoms with E-state index in [1.54, 1.807) is 12.1 Å². The third-order valence-electron chi connectivity index (χ3n) is 5.26. The molecular weight excluding hydrogens is 544 g/mol. The number of furan rings is 1. The molecule has 0 aliphatic rings. The normalized spacial score (nSPS) is 11.9. The number of nitrogens with two attached hydrogens (primary N) is 1. The van der Waals surface area contributed by atoms with Gasteiger partial charge >= 0.3 is 5.91 Å². The predicted molar refractivity (Wildman–Crippen MR) is 136 cm³/mol. The highest BCUT2D eigenvalue weighted by Crippen LogP contribution is 2.37. The van der Waals surface area contributed by atoms with Crippen LogP contribution in [-0.4, -0.2) is 38.8 Å². The molecule has 0 saturated heterocycles. The number of carbonyl (C=O) groups is 1.